The number of carbonyl (C=O) groups is 2. The first-order chi connectivity index (χ1) is 5.63. The third-order valence-electron chi connectivity index (χ3n) is 1.47. The zero-order chi connectivity index (χ0) is 9.19. The molecule has 0 saturated carbocycles. The second-order valence-electron chi connectivity index (χ2n) is 2.16. The standard InChI is InChI=1S/C6H5BrN2O3/c7-3-4(10)6(5(11)12)1-2-8-9-6/h1-2H,3H2,(H,11,12). The van der Waals surface area contributed by atoms with E-state index in [1.54, 1.807) is 0 Å². The van der Waals surface area contributed by atoms with Gasteiger partial charge in [0.1, 0.15) is 0 Å². The molecule has 0 aromatic rings. The number of azo groups is 1. The van der Waals surface area contributed by atoms with E-state index >= 15 is 0 Å². The van der Waals surface area contributed by atoms with Gasteiger partial charge in [0, 0.05) is 6.20 Å². The fourth-order valence-corrected chi connectivity index (χ4v) is 1.21. The van der Waals surface area contributed by atoms with Crippen LogP contribution in [0.3, 0.4) is 0 Å². The Morgan fingerprint density at radius 1 is 1.58 bits per heavy atom. The van der Waals surface area contributed by atoms with Crippen LogP contribution in [-0.2, 0) is 9.59 Å². The smallest absolute Gasteiger partial charge is 0.345 e. The first-order valence-electron chi connectivity index (χ1n) is 3.06. The van der Waals surface area contributed by atoms with Crippen molar-refractivity contribution in [2.75, 3.05) is 5.33 Å². The van der Waals surface area contributed by atoms with Crippen molar-refractivity contribution in [3.63, 3.8) is 0 Å². The molecular weight excluding hydrogens is 228 g/mol. The number of ketones is 1. The number of aliphatic carboxylic acids is 1. The summed E-state index contributed by atoms with van der Waals surface area (Å²) in [6.07, 6.45) is 2.37. The molecule has 1 unspecified atom stereocenters. The Balaban J connectivity index is 3.04. The van der Waals surface area contributed by atoms with E-state index in [1.807, 2.05) is 0 Å². The van der Waals surface area contributed by atoms with E-state index < -0.39 is 17.3 Å². The van der Waals surface area contributed by atoms with Crippen LogP contribution in [0.25, 0.3) is 0 Å². The summed E-state index contributed by atoms with van der Waals surface area (Å²) in [6, 6.07) is 0. The van der Waals surface area contributed by atoms with Gasteiger partial charge in [0.05, 0.1) is 5.33 Å². The number of rotatable bonds is 3. The van der Waals surface area contributed by atoms with Crippen molar-refractivity contribution in [3.05, 3.63) is 12.3 Å². The molecule has 6 heteroatoms. The van der Waals surface area contributed by atoms with Gasteiger partial charge < -0.3 is 5.11 Å². The Labute approximate surface area is 76.3 Å². The van der Waals surface area contributed by atoms with E-state index in [4.69, 9.17) is 5.11 Å². The topological polar surface area (TPSA) is 79.1 Å². The summed E-state index contributed by atoms with van der Waals surface area (Å²) in [7, 11) is 0. The number of hydrogen-bond acceptors (Lipinski definition) is 4. The van der Waals surface area contributed by atoms with Gasteiger partial charge in [0.25, 0.3) is 5.54 Å². The normalized spacial score (nSPS) is 26.1. The summed E-state index contributed by atoms with van der Waals surface area (Å²) in [6.45, 7) is 0. The quantitative estimate of drug-likeness (QED) is 0.577. The fraction of sp³-hybridized carbons (Fsp3) is 0.333. The number of carboxylic acid groups (broad SMARTS) is 1. The highest BCUT2D eigenvalue weighted by Crippen LogP contribution is 2.21. The van der Waals surface area contributed by atoms with Crippen LogP contribution in [0.15, 0.2) is 22.5 Å². The van der Waals surface area contributed by atoms with E-state index in [-0.39, 0.29) is 5.33 Å². The van der Waals surface area contributed by atoms with Crippen LogP contribution in [0, 0.1) is 0 Å². The lowest BCUT2D eigenvalue weighted by Gasteiger charge is -2.12. The van der Waals surface area contributed by atoms with E-state index in [1.165, 1.54) is 12.3 Å². The molecule has 5 nitrogen and oxygen atoms in total. The van der Waals surface area contributed by atoms with Crippen LogP contribution < -0.4 is 0 Å². The van der Waals surface area contributed by atoms with E-state index in [0.29, 0.717) is 0 Å². The second-order valence-corrected chi connectivity index (χ2v) is 2.72. The predicted octanol–water partition coefficient (Wildman–Crippen LogP) is 0.753. The Morgan fingerprint density at radius 2 is 2.25 bits per heavy atom. The number of nitrogens with zero attached hydrogens (tertiary/aromatic N) is 2. The molecule has 1 heterocycles. The minimum Gasteiger partial charge on any atom is -0.479 e. The summed E-state index contributed by atoms with van der Waals surface area (Å²) in [5, 5.41) is 15.4. The number of Topliss-reactive ketones (excluding diaryl/α,β-unsaturated/α-hetero) is 1. The molecule has 0 aliphatic carbocycles. The molecule has 1 rings (SSSR count). The average molecular weight is 233 g/mol. The van der Waals surface area contributed by atoms with Crippen molar-refractivity contribution in [1.82, 2.24) is 0 Å². The van der Waals surface area contributed by atoms with Crippen molar-refractivity contribution in [2.24, 2.45) is 10.2 Å². The van der Waals surface area contributed by atoms with Crippen LogP contribution >= 0.6 is 15.9 Å². The number of halogens is 1. The molecule has 64 valence electrons. The van der Waals surface area contributed by atoms with Gasteiger partial charge in [-0.05, 0) is 6.08 Å². The van der Waals surface area contributed by atoms with Gasteiger partial charge in [-0.15, -0.1) is 0 Å². The van der Waals surface area contributed by atoms with Gasteiger partial charge in [0.15, 0.2) is 5.78 Å². The zero-order valence-corrected chi connectivity index (χ0v) is 7.48. The summed E-state index contributed by atoms with van der Waals surface area (Å²) < 4.78 is 0. The maximum atomic E-state index is 11.1. The van der Waals surface area contributed by atoms with Gasteiger partial charge in [-0.25, -0.2) is 4.79 Å². The minimum atomic E-state index is -1.79. The lowest BCUT2D eigenvalue weighted by molar-refractivity contribution is -0.145. The molecule has 1 aliphatic heterocycles. The van der Waals surface area contributed by atoms with Crippen molar-refractivity contribution < 1.29 is 14.7 Å². The Morgan fingerprint density at radius 3 is 2.58 bits per heavy atom. The largest absolute Gasteiger partial charge is 0.479 e. The summed E-state index contributed by atoms with van der Waals surface area (Å²) in [5.41, 5.74) is -1.79. The molecule has 1 N–H and O–H groups in total. The van der Waals surface area contributed by atoms with E-state index in [9.17, 15) is 9.59 Å². The molecule has 0 fully saturated rings. The maximum absolute atomic E-state index is 11.1. The number of carbonyl (C=O) groups excluding carboxylic acids is 1. The molecule has 0 spiro atoms. The zero-order valence-electron chi connectivity index (χ0n) is 5.90. The van der Waals surface area contributed by atoms with Gasteiger partial charge in [-0.3, -0.25) is 4.79 Å². The highest BCUT2D eigenvalue weighted by Gasteiger charge is 2.45. The fourth-order valence-electron chi connectivity index (χ4n) is 0.783. The van der Waals surface area contributed by atoms with E-state index in [0.717, 1.165) is 0 Å². The molecule has 1 aliphatic rings. The van der Waals surface area contributed by atoms with E-state index in [2.05, 4.69) is 26.2 Å². The molecule has 1 atom stereocenters. The predicted molar refractivity (Wildman–Crippen MR) is 43.2 cm³/mol. The average Bonchev–Trinajstić information content (AvgIpc) is 2.52. The van der Waals surface area contributed by atoms with Crippen molar-refractivity contribution in [1.29, 1.82) is 0 Å². The van der Waals surface area contributed by atoms with Crippen molar-refractivity contribution in [3.8, 4) is 0 Å². The van der Waals surface area contributed by atoms with Crippen LogP contribution in [0.4, 0.5) is 0 Å². The first kappa shape index (κ1) is 9.05. The monoisotopic (exact) mass is 232 g/mol. The number of carboxylic acids is 1. The molecule has 0 amide bonds. The summed E-state index contributed by atoms with van der Waals surface area (Å²) >= 11 is 2.88. The number of hydrogen-bond donors (Lipinski definition) is 1. The Bertz CT molecular complexity index is 273. The molecule has 0 radical (unpaired) electrons. The van der Waals surface area contributed by atoms with Crippen LogP contribution in [-0.4, -0.2) is 27.7 Å². The molecule has 0 aromatic carbocycles. The second kappa shape index (κ2) is 3.14. The SMILES string of the molecule is O=C(O)C1(C(=O)CBr)C=CN=N1. The van der Waals surface area contributed by atoms with Crippen molar-refractivity contribution in [2.45, 2.75) is 5.54 Å². The van der Waals surface area contributed by atoms with Gasteiger partial charge >= 0.3 is 5.97 Å². The highest BCUT2D eigenvalue weighted by molar-refractivity contribution is 9.09. The van der Waals surface area contributed by atoms with Crippen LogP contribution in [0.5, 0.6) is 0 Å². The first-order valence-corrected chi connectivity index (χ1v) is 4.18. The summed E-state index contributed by atoms with van der Waals surface area (Å²) in [5.74, 6) is -1.84. The third kappa shape index (κ3) is 1.18. The maximum Gasteiger partial charge on any atom is 0.345 e. The van der Waals surface area contributed by atoms with Gasteiger partial charge in [-0.1, -0.05) is 15.9 Å². The van der Waals surface area contributed by atoms with Crippen LogP contribution in [0.2, 0.25) is 0 Å². The minimum absolute atomic E-state index is 0.0529. The molecule has 0 bridgehead atoms. The van der Waals surface area contributed by atoms with Gasteiger partial charge in [-0.2, -0.15) is 10.2 Å². The lowest BCUT2D eigenvalue weighted by atomic mass is 9.97. The van der Waals surface area contributed by atoms with Crippen molar-refractivity contribution >= 4 is 27.7 Å². The summed E-state index contributed by atoms with van der Waals surface area (Å²) in [4.78, 5) is 21.8. The highest BCUT2D eigenvalue weighted by atomic mass is 79.9. The Hall–Kier alpha value is -1.04. The molecule has 0 saturated heterocycles. The molecule has 12 heavy (non-hydrogen) atoms. The Kier molecular flexibility index (Phi) is 2.37. The van der Waals surface area contributed by atoms with Gasteiger partial charge in [0.2, 0.25) is 0 Å². The lowest BCUT2D eigenvalue weighted by Crippen LogP contribution is -2.42. The third-order valence-corrected chi connectivity index (χ3v) is 1.98. The number of alkyl halides is 1. The molecule has 0 aromatic heterocycles. The molecular formula is C6H5BrN2O3. The van der Waals surface area contributed by atoms with Crippen LogP contribution in [0.1, 0.15) is 0 Å².